The predicted molar refractivity (Wildman–Crippen MR) is 73.3 cm³/mol. The van der Waals surface area contributed by atoms with Gasteiger partial charge in [-0.05, 0) is 55.8 Å². The molecule has 1 N–H and O–H groups in total. The zero-order chi connectivity index (χ0) is 13.6. The molecule has 4 aliphatic rings. The van der Waals surface area contributed by atoms with Crippen LogP contribution in [0.2, 0.25) is 0 Å². The lowest BCUT2D eigenvalue weighted by molar-refractivity contribution is -0.122. The van der Waals surface area contributed by atoms with Gasteiger partial charge >= 0.3 is 0 Å². The van der Waals surface area contributed by atoms with Gasteiger partial charge in [-0.1, -0.05) is 6.92 Å². The molecule has 0 spiro atoms. The van der Waals surface area contributed by atoms with E-state index in [2.05, 4.69) is 5.32 Å². The highest BCUT2D eigenvalue weighted by Crippen LogP contribution is 2.53. The summed E-state index contributed by atoms with van der Waals surface area (Å²) in [6.07, 6.45) is 6.33. The van der Waals surface area contributed by atoms with Gasteiger partial charge in [-0.3, -0.25) is 4.79 Å². The average Bonchev–Trinajstić information content (AvgIpc) is 2.32. The van der Waals surface area contributed by atoms with E-state index >= 15 is 0 Å². The molecule has 0 unspecified atom stereocenters. The Labute approximate surface area is 115 Å². The summed E-state index contributed by atoms with van der Waals surface area (Å²) in [6, 6.07) is 0.243. The number of rotatable bonds is 4. The number of carbonyl (C=O) groups excluding carboxylic acids is 1. The van der Waals surface area contributed by atoms with Gasteiger partial charge in [-0.15, -0.1) is 0 Å². The van der Waals surface area contributed by atoms with Gasteiger partial charge in [0.1, 0.15) is 5.75 Å². The van der Waals surface area contributed by atoms with E-state index in [1.54, 1.807) is 6.92 Å². The van der Waals surface area contributed by atoms with E-state index in [0.717, 1.165) is 11.8 Å². The number of nitrogens with one attached hydrogen (secondary N) is 1. The van der Waals surface area contributed by atoms with Gasteiger partial charge in [-0.2, -0.15) is 0 Å². The van der Waals surface area contributed by atoms with Crippen LogP contribution in [-0.4, -0.2) is 31.9 Å². The van der Waals surface area contributed by atoms with Crippen molar-refractivity contribution in [2.24, 2.45) is 23.7 Å². The molecular formula is C14H23NO3S. The molecule has 4 aliphatic carbocycles. The van der Waals surface area contributed by atoms with Gasteiger partial charge in [-0.25, -0.2) is 8.42 Å². The summed E-state index contributed by atoms with van der Waals surface area (Å²) in [5.74, 6) is 2.35. The van der Waals surface area contributed by atoms with Crippen LogP contribution in [0.5, 0.6) is 0 Å². The van der Waals surface area contributed by atoms with E-state index in [-0.39, 0.29) is 23.5 Å². The Kier molecular flexibility index (Phi) is 3.36. The van der Waals surface area contributed by atoms with Crippen molar-refractivity contribution in [1.82, 2.24) is 5.32 Å². The van der Waals surface area contributed by atoms with Crippen molar-refractivity contribution < 1.29 is 13.2 Å². The van der Waals surface area contributed by atoms with Gasteiger partial charge in [0.15, 0.2) is 9.84 Å². The quantitative estimate of drug-likeness (QED) is 0.848. The maximum absolute atomic E-state index is 11.9. The number of hydrogen-bond donors (Lipinski definition) is 1. The minimum Gasteiger partial charge on any atom is -0.352 e. The Morgan fingerprint density at radius 1 is 1.05 bits per heavy atom. The molecule has 0 radical (unpaired) electrons. The van der Waals surface area contributed by atoms with Gasteiger partial charge < -0.3 is 5.32 Å². The molecule has 4 bridgehead atoms. The van der Waals surface area contributed by atoms with Crippen LogP contribution < -0.4 is 5.32 Å². The first-order chi connectivity index (χ1) is 8.97. The Bertz CT molecular complexity index is 443. The SMILES string of the molecule is CCS(=O)(=O)CC(=O)NC1C2CC3CC(C2)CC1C3. The molecule has 0 aromatic rings. The minimum atomic E-state index is -3.21. The Morgan fingerprint density at radius 2 is 1.58 bits per heavy atom. The first kappa shape index (κ1) is 13.4. The van der Waals surface area contributed by atoms with Gasteiger partial charge in [0.05, 0.1) is 0 Å². The first-order valence-electron chi connectivity index (χ1n) is 7.46. The summed E-state index contributed by atoms with van der Waals surface area (Å²) < 4.78 is 23.0. The third-order valence-corrected chi connectivity index (χ3v) is 6.93. The van der Waals surface area contributed by atoms with Crippen LogP contribution in [0, 0.1) is 23.7 Å². The first-order valence-corrected chi connectivity index (χ1v) is 9.28. The topological polar surface area (TPSA) is 63.2 Å². The molecule has 108 valence electrons. The minimum absolute atomic E-state index is 0.0437. The normalized spacial score (nSPS) is 40.4. The van der Waals surface area contributed by atoms with Crippen LogP contribution in [-0.2, 0) is 14.6 Å². The van der Waals surface area contributed by atoms with E-state index in [1.165, 1.54) is 32.1 Å². The van der Waals surface area contributed by atoms with Crippen molar-refractivity contribution in [2.45, 2.75) is 45.1 Å². The molecule has 19 heavy (non-hydrogen) atoms. The smallest absolute Gasteiger partial charge is 0.235 e. The zero-order valence-electron chi connectivity index (χ0n) is 11.5. The summed E-state index contributed by atoms with van der Waals surface area (Å²) in [6.45, 7) is 1.59. The van der Waals surface area contributed by atoms with Crippen molar-refractivity contribution >= 4 is 15.7 Å². The molecule has 5 heteroatoms. The number of carbonyl (C=O) groups is 1. The molecule has 4 fully saturated rings. The molecule has 4 saturated carbocycles. The Hall–Kier alpha value is -0.580. The molecule has 1 amide bonds. The second-order valence-corrected chi connectivity index (χ2v) is 9.05. The molecule has 0 saturated heterocycles. The summed E-state index contributed by atoms with van der Waals surface area (Å²) in [7, 11) is -3.21. The fourth-order valence-electron chi connectivity index (χ4n) is 4.69. The van der Waals surface area contributed by atoms with Crippen molar-refractivity contribution in [1.29, 1.82) is 0 Å². The maximum Gasteiger partial charge on any atom is 0.235 e. The monoisotopic (exact) mass is 285 g/mol. The summed E-state index contributed by atoms with van der Waals surface area (Å²) in [5, 5.41) is 3.03. The van der Waals surface area contributed by atoms with Crippen LogP contribution in [0.15, 0.2) is 0 Å². The second kappa shape index (κ2) is 4.76. The van der Waals surface area contributed by atoms with E-state index < -0.39 is 9.84 Å². The van der Waals surface area contributed by atoms with Crippen LogP contribution in [0.25, 0.3) is 0 Å². The van der Waals surface area contributed by atoms with Crippen LogP contribution in [0.1, 0.15) is 39.0 Å². The second-order valence-electron chi connectivity index (χ2n) is 6.70. The van der Waals surface area contributed by atoms with Crippen molar-refractivity contribution in [3.8, 4) is 0 Å². The molecule has 4 rings (SSSR count). The largest absolute Gasteiger partial charge is 0.352 e. The van der Waals surface area contributed by atoms with Crippen molar-refractivity contribution in [3.05, 3.63) is 0 Å². The van der Waals surface area contributed by atoms with Gasteiger partial charge in [0, 0.05) is 11.8 Å². The Balaban J connectivity index is 1.63. The molecule has 0 atom stereocenters. The lowest BCUT2D eigenvalue weighted by atomic mass is 9.54. The van der Waals surface area contributed by atoms with E-state index in [4.69, 9.17) is 0 Å². The molecule has 0 aromatic carbocycles. The van der Waals surface area contributed by atoms with Crippen LogP contribution in [0.3, 0.4) is 0 Å². The zero-order valence-corrected chi connectivity index (χ0v) is 12.3. The predicted octanol–water partition coefficient (Wildman–Crippen LogP) is 1.36. The van der Waals surface area contributed by atoms with Crippen molar-refractivity contribution in [3.63, 3.8) is 0 Å². The summed E-state index contributed by atoms with van der Waals surface area (Å²) in [4.78, 5) is 11.9. The third kappa shape index (κ3) is 2.67. The Morgan fingerprint density at radius 3 is 2.05 bits per heavy atom. The average molecular weight is 285 g/mol. The molecular weight excluding hydrogens is 262 g/mol. The highest BCUT2D eigenvalue weighted by molar-refractivity contribution is 7.92. The fraction of sp³-hybridized carbons (Fsp3) is 0.929. The third-order valence-electron chi connectivity index (χ3n) is 5.35. The van der Waals surface area contributed by atoms with Crippen molar-refractivity contribution in [2.75, 3.05) is 11.5 Å². The molecule has 4 nitrogen and oxygen atoms in total. The van der Waals surface area contributed by atoms with E-state index in [9.17, 15) is 13.2 Å². The number of hydrogen-bond acceptors (Lipinski definition) is 3. The van der Waals surface area contributed by atoms with Gasteiger partial charge in [0.2, 0.25) is 5.91 Å². The molecule has 0 aliphatic heterocycles. The molecule has 0 heterocycles. The maximum atomic E-state index is 11.9. The van der Waals surface area contributed by atoms with E-state index in [1.807, 2.05) is 0 Å². The summed E-state index contributed by atoms with van der Waals surface area (Å²) in [5.41, 5.74) is 0. The lowest BCUT2D eigenvalue weighted by Crippen LogP contribution is -2.56. The number of amides is 1. The number of sulfone groups is 1. The highest BCUT2D eigenvalue weighted by atomic mass is 32.2. The fourth-order valence-corrected chi connectivity index (χ4v) is 5.38. The van der Waals surface area contributed by atoms with Crippen LogP contribution in [0.4, 0.5) is 0 Å². The molecule has 0 aromatic heterocycles. The standard InChI is InChI=1S/C14H23NO3S/c1-2-19(17,18)8-13(16)15-14-11-4-9-3-10(6-11)7-12(14)5-9/h9-12,14H,2-8H2,1H3,(H,15,16). The van der Waals surface area contributed by atoms with Crippen LogP contribution >= 0.6 is 0 Å². The summed E-state index contributed by atoms with van der Waals surface area (Å²) >= 11 is 0. The van der Waals surface area contributed by atoms with E-state index in [0.29, 0.717) is 11.8 Å². The van der Waals surface area contributed by atoms with Gasteiger partial charge in [0.25, 0.3) is 0 Å². The highest BCUT2D eigenvalue weighted by Gasteiger charge is 2.48. The lowest BCUT2D eigenvalue weighted by Gasteiger charge is -2.54.